The SMILES string of the molecule is Nc1oncc1Cc1cccc(Br)c1. The summed E-state index contributed by atoms with van der Waals surface area (Å²) in [6.07, 6.45) is 2.39. The fraction of sp³-hybridized carbons (Fsp3) is 0.100. The maximum atomic E-state index is 5.59. The van der Waals surface area contributed by atoms with Gasteiger partial charge in [0.05, 0.1) is 6.20 Å². The van der Waals surface area contributed by atoms with Gasteiger partial charge in [0, 0.05) is 16.5 Å². The zero-order chi connectivity index (χ0) is 9.97. The molecule has 4 heteroatoms. The number of aromatic nitrogens is 1. The molecule has 1 aromatic carbocycles. The Bertz CT molecular complexity index is 439. The Morgan fingerprint density at radius 1 is 1.43 bits per heavy atom. The molecule has 72 valence electrons. The van der Waals surface area contributed by atoms with Crippen molar-refractivity contribution in [1.82, 2.24) is 5.16 Å². The zero-order valence-electron chi connectivity index (χ0n) is 7.40. The van der Waals surface area contributed by atoms with Crippen LogP contribution in [0.4, 0.5) is 5.88 Å². The van der Waals surface area contributed by atoms with Gasteiger partial charge in [0.2, 0.25) is 5.88 Å². The van der Waals surface area contributed by atoms with E-state index in [1.807, 2.05) is 24.3 Å². The van der Waals surface area contributed by atoms with E-state index >= 15 is 0 Å². The average molecular weight is 253 g/mol. The second-order valence-electron chi connectivity index (χ2n) is 3.02. The molecule has 14 heavy (non-hydrogen) atoms. The van der Waals surface area contributed by atoms with Crippen molar-refractivity contribution in [1.29, 1.82) is 0 Å². The van der Waals surface area contributed by atoms with Gasteiger partial charge in [-0.15, -0.1) is 0 Å². The van der Waals surface area contributed by atoms with Crippen LogP contribution in [0.3, 0.4) is 0 Å². The largest absolute Gasteiger partial charge is 0.367 e. The first-order chi connectivity index (χ1) is 6.75. The lowest BCUT2D eigenvalue weighted by atomic mass is 10.1. The summed E-state index contributed by atoms with van der Waals surface area (Å²) in [6, 6.07) is 8.06. The summed E-state index contributed by atoms with van der Waals surface area (Å²) in [5.74, 6) is 0.393. The summed E-state index contributed by atoms with van der Waals surface area (Å²) in [4.78, 5) is 0. The quantitative estimate of drug-likeness (QED) is 0.894. The predicted octanol–water partition coefficient (Wildman–Crippen LogP) is 2.61. The van der Waals surface area contributed by atoms with Gasteiger partial charge < -0.3 is 10.3 Å². The molecule has 3 nitrogen and oxygen atoms in total. The lowest BCUT2D eigenvalue weighted by molar-refractivity contribution is 0.436. The minimum absolute atomic E-state index is 0.393. The standard InChI is InChI=1S/C10H9BrN2O/c11-9-3-1-2-7(5-9)4-8-6-13-14-10(8)12/h1-3,5-6H,4,12H2. The maximum Gasteiger partial charge on any atom is 0.225 e. The number of hydrogen-bond donors (Lipinski definition) is 1. The van der Waals surface area contributed by atoms with Gasteiger partial charge in [-0.05, 0) is 17.7 Å². The van der Waals surface area contributed by atoms with Crippen LogP contribution in [0.1, 0.15) is 11.1 Å². The topological polar surface area (TPSA) is 52.0 Å². The summed E-state index contributed by atoms with van der Waals surface area (Å²) in [5.41, 5.74) is 7.68. The molecule has 0 radical (unpaired) electrons. The average Bonchev–Trinajstić information content (AvgIpc) is 2.52. The molecule has 0 bridgehead atoms. The van der Waals surface area contributed by atoms with Crippen LogP contribution in [0.25, 0.3) is 0 Å². The number of nitrogens with zero attached hydrogens (tertiary/aromatic N) is 1. The third-order valence-corrected chi connectivity index (χ3v) is 2.45. The third-order valence-electron chi connectivity index (χ3n) is 1.96. The van der Waals surface area contributed by atoms with Crippen LogP contribution < -0.4 is 5.73 Å². The summed E-state index contributed by atoms with van der Waals surface area (Å²) in [6.45, 7) is 0. The number of halogens is 1. The van der Waals surface area contributed by atoms with Crippen molar-refractivity contribution in [3.63, 3.8) is 0 Å². The third kappa shape index (κ3) is 1.96. The van der Waals surface area contributed by atoms with Crippen molar-refractivity contribution >= 4 is 21.8 Å². The summed E-state index contributed by atoms with van der Waals surface area (Å²) < 4.78 is 5.84. The number of nitrogen functional groups attached to an aromatic ring is 1. The van der Waals surface area contributed by atoms with E-state index in [2.05, 4.69) is 21.1 Å². The highest BCUT2D eigenvalue weighted by Crippen LogP contribution is 2.18. The van der Waals surface area contributed by atoms with Gasteiger partial charge in [0.25, 0.3) is 0 Å². The first kappa shape index (κ1) is 9.27. The highest BCUT2D eigenvalue weighted by molar-refractivity contribution is 9.10. The number of rotatable bonds is 2. The molecule has 0 atom stereocenters. The van der Waals surface area contributed by atoms with E-state index in [0.717, 1.165) is 16.5 Å². The highest BCUT2D eigenvalue weighted by Gasteiger charge is 2.04. The van der Waals surface area contributed by atoms with Crippen molar-refractivity contribution < 1.29 is 4.52 Å². The first-order valence-corrected chi connectivity index (χ1v) is 4.98. The van der Waals surface area contributed by atoms with Gasteiger partial charge in [-0.3, -0.25) is 0 Å². The van der Waals surface area contributed by atoms with Gasteiger partial charge in [-0.25, -0.2) is 0 Å². The Hall–Kier alpha value is -1.29. The number of nitrogens with two attached hydrogens (primary N) is 1. The molecule has 2 N–H and O–H groups in total. The predicted molar refractivity (Wildman–Crippen MR) is 57.9 cm³/mol. The fourth-order valence-corrected chi connectivity index (χ4v) is 1.72. The van der Waals surface area contributed by atoms with Crippen LogP contribution >= 0.6 is 15.9 Å². The van der Waals surface area contributed by atoms with Crippen LogP contribution in [0.2, 0.25) is 0 Å². The Balaban J connectivity index is 2.23. The van der Waals surface area contributed by atoms with E-state index in [4.69, 9.17) is 10.3 Å². The Kier molecular flexibility index (Phi) is 2.54. The molecule has 0 spiro atoms. The molecule has 2 rings (SSSR count). The lowest BCUT2D eigenvalue weighted by Crippen LogP contribution is -1.91. The fourth-order valence-electron chi connectivity index (χ4n) is 1.27. The molecule has 0 aliphatic heterocycles. The van der Waals surface area contributed by atoms with Gasteiger partial charge in [-0.2, -0.15) is 0 Å². The second-order valence-corrected chi connectivity index (χ2v) is 3.94. The van der Waals surface area contributed by atoms with E-state index < -0.39 is 0 Å². The molecule has 0 amide bonds. The van der Waals surface area contributed by atoms with E-state index in [1.54, 1.807) is 6.20 Å². The highest BCUT2D eigenvalue weighted by atomic mass is 79.9. The monoisotopic (exact) mass is 252 g/mol. The Morgan fingerprint density at radius 2 is 2.29 bits per heavy atom. The number of hydrogen-bond acceptors (Lipinski definition) is 3. The van der Waals surface area contributed by atoms with Crippen LogP contribution in [-0.4, -0.2) is 5.16 Å². The van der Waals surface area contributed by atoms with Crippen molar-refractivity contribution in [3.8, 4) is 0 Å². The summed E-state index contributed by atoms with van der Waals surface area (Å²) in [7, 11) is 0. The Labute approximate surface area is 90.0 Å². The number of anilines is 1. The molecule has 0 saturated carbocycles. The maximum absolute atomic E-state index is 5.59. The van der Waals surface area contributed by atoms with Crippen molar-refractivity contribution in [2.45, 2.75) is 6.42 Å². The van der Waals surface area contributed by atoms with Gasteiger partial charge in [0.15, 0.2) is 0 Å². The molecule has 0 aliphatic rings. The molecule has 1 heterocycles. The summed E-state index contributed by atoms with van der Waals surface area (Å²) in [5, 5.41) is 3.63. The Morgan fingerprint density at radius 3 is 2.93 bits per heavy atom. The van der Waals surface area contributed by atoms with Crippen molar-refractivity contribution in [2.24, 2.45) is 0 Å². The smallest absolute Gasteiger partial charge is 0.225 e. The van der Waals surface area contributed by atoms with E-state index in [0.29, 0.717) is 5.88 Å². The second kappa shape index (κ2) is 3.84. The molecule has 0 unspecified atom stereocenters. The molecule has 0 aliphatic carbocycles. The van der Waals surface area contributed by atoms with Gasteiger partial charge in [0.1, 0.15) is 0 Å². The van der Waals surface area contributed by atoms with Crippen LogP contribution in [-0.2, 0) is 6.42 Å². The zero-order valence-corrected chi connectivity index (χ0v) is 8.99. The molecule has 1 aromatic heterocycles. The minimum atomic E-state index is 0.393. The normalized spacial score (nSPS) is 10.4. The minimum Gasteiger partial charge on any atom is -0.367 e. The van der Waals surface area contributed by atoms with E-state index in [9.17, 15) is 0 Å². The van der Waals surface area contributed by atoms with Gasteiger partial charge in [-0.1, -0.05) is 33.2 Å². The molecule has 2 aromatic rings. The molecular weight excluding hydrogens is 244 g/mol. The molecular formula is C10H9BrN2O. The van der Waals surface area contributed by atoms with Crippen LogP contribution in [0, 0.1) is 0 Å². The lowest BCUT2D eigenvalue weighted by Gasteiger charge is -1.99. The molecule has 0 fully saturated rings. The van der Waals surface area contributed by atoms with Crippen LogP contribution in [0.15, 0.2) is 39.5 Å². The van der Waals surface area contributed by atoms with E-state index in [-0.39, 0.29) is 0 Å². The van der Waals surface area contributed by atoms with Crippen molar-refractivity contribution in [3.05, 3.63) is 46.1 Å². The van der Waals surface area contributed by atoms with Crippen molar-refractivity contribution in [2.75, 3.05) is 5.73 Å². The van der Waals surface area contributed by atoms with Gasteiger partial charge >= 0.3 is 0 Å². The van der Waals surface area contributed by atoms with E-state index in [1.165, 1.54) is 5.56 Å². The van der Waals surface area contributed by atoms with Crippen LogP contribution in [0.5, 0.6) is 0 Å². The first-order valence-electron chi connectivity index (χ1n) is 4.19. The summed E-state index contributed by atoms with van der Waals surface area (Å²) >= 11 is 3.41. The number of benzene rings is 1. The molecule has 0 saturated heterocycles.